The number of piperazine rings is 1. The van der Waals surface area contributed by atoms with Gasteiger partial charge in [-0.25, -0.2) is 0 Å². The number of rotatable bonds is 7. The van der Waals surface area contributed by atoms with Crippen molar-refractivity contribution < 1.29 is 23.9 Å². The summed E-state index contributed by atoms with van der Waals surface area (Å²) in [6.45, 7) is 4.17. The predicted molar refractivity (Wildman–Crippen MR) is 120 cm³/mol. The minimum atomic E-state index is -0.580. The molecule has 4 heterocycles. The number of nitrogens with one attached hydrogen (secondary N) is 1. The van der Waals surface area contributed by atoms with Crippen LogP contribution in [0.3, 0.4) is 0 Å². The number of likely N-dealkylation sites (tertiary alicyclic amines) is 1. The Morgan fingerprint density at radius 1 is 1.31 bits per heavy atom. The maximum atomic E-state index is 13.4. The van der Waals surface area contributed by atoms with E-state index in [1.54, 1.807) is 4.90 Å². The number of ether oxygens (including phenoxy) is 2. The molecule has 10 heteroatoms. The molecule has 32 heavy (non-hydrogen) atoms. The second-order valence-corrected chi connectivity index (χ2v) is 9.48. The third-order valence-corrected chi connectivity index (χ3v) is 7.30. The second kappa shape index (κ2) is 10.7. The van der Waals surface area contributed by atoms with Gasteiger partial charge in [0, 0.05) is 53.0 Å². The normalized spacial score (nSPS) is 25.8. The Morgan fingerprint density at radius 2 is 2.12 bits per heavy atom. The Labute approximate surface area is 192 Å². The molecule has 0 aliphatic carbocycles. The fraction of sp³-hybridized carbons (Fsp3) is 0.682. The van der Waals surface area contributed by atoms with E-state index in [2.05, 4.69) is 5.32 Å². The highest BCUT2D eigenvalue weighted by atomic mass is 32.1. The van der Waals surface area contributed by atoms with Crippen LogP contribution in [-0.2, 0) is 19.1 Å². The van der Waals surface area contributed by atoms with Gasteiger partial charge in [-0.1, -0.05) is 6.07 Å². The van der Waals surface area contributed by atoms with E-state index in [1.807, 2.05) is 27.3 Å². The molecule has 0 spiro atoms. The number of thiophene rings is 1. The summed E-state index contributed by atoms with van der Waals surface area (Å²) >= 11 is 1.41. The molecule has 3 atom stereocenters. The van der Waals surface area contributed by atoms with Gasteiger partial charge in [0.25, 0.3) is 5.91 Å². The number of carbonyl (C=O) groups excluding carboxylic acids is 3. The van der Waals surface area contributed by atoms with E-state index in [0.717, 1.165) is 25.9 Å². The van der Waals surface area contributed by atoms with Gasteiger partial charge in [0.2, 0.25) is 11.8 Å². The van der Waals surface area contributed by atoms with Gasteiger partial charge in [-0.15, -0.1) is 11.3 Å². The van der Waals surface area contributed by atoms with E-state index in [4.69, 9.17) is 9.47 Å². The molecule has 3 aliphatic rings. The zero-order valence-corrected chi connectivity index (χ0v) is 19.3. The highest BCUT2D eigenvalue weighted by molar-refractivity contribution is 7.12. The molecule has 0 saturated carbocycles. The van der Waals surface area contributed by atoms with Gasteiger partial charge in [-0.2, -0.15) is 0 Å². The summed E-state index contributed by atoms with van der Waals surface area (Å²) in [5, 5.41) is 5.14. The highest BCUT2D eigenvalue weighted by Gasteiger charge is 2.45. The van der Waals surface area contributed by atoms with Crippen LogP contribution in [0.5, 0.6) is 0 Å². The molecule has 0 aromatic carbocycles. The summed E-state index contributed by atoms with van der Waals surface area (Å²) in [4.78, 5) is 45.6. The maximum Gasteiger partial charge on any atom is 0.264 e. The Bertz CT molecular complexity index is 792. The quantitative estimate of drug-likeness (QED) is 0.629. The van der Waals surface area contributed by atoms with Crippen LogP contribution in [0.1, 0.15) is 28.9 Å². The van der Waals surface area contributed by atoms with Crippen LogP contribution in [0.25, 0.3) is 0 Å². The smallest absolute Gasteiger partial charge is 0.264 e. The summed E-state index contributed by atoms with van der Waals surface area (Å²) in [7, 11) is 1.47. The lowest BCUT2D eigenvalue weighted by Crippen LogP contribution is -2.53. The maximum absolute atomic E-state index is 13.4. The van der Waals surface area contributed by atoms with E-state index in [1.165, 1.54) is 18.4 Å². The number of amides is 3. The van der Waals surface area contributed by atoms with Crippen LogP contribution in [0, 0.1) is 0 Å². The van der Waals surface area contributed by atoms with Crippen LogP contribution in [0.15, 0.2) is 17.5 Å². The van der Waals surface area contributed by atoms with E-state index in [0.29, 0.717) is 44.1 Å². The lowest BCUT2D eigenvalue weighted by atomic mass is 10.1. The number of hydrogen-bond acceptors (Lipinski definition) is 7. The summed E-state index contributed by atoms with van der Waals surface area (Å²) in [5.74, 6) is -0.321. The topological polar surface area (TPSA) is 91.4 Å². The Morgan fingerprint density at radius 3 is 2.78 bits per heavy atom. The number of hydrogen-bond donors (Lipinski definition) is 1. The molecule has 3 saturated heterocycles. The molecule has 1 aromatic heterocycles. The summed E-state index contributed by atoms with van der Waals surface area (Å²) in [6.07, 6.45) is 2.32. The lowest BCUT2D eigenvalue weighted by Gasteiger charge is -2.32. The van der Waals surface area contributed by atoms with Gasteiger partial charge in [-0.3, -0.25) is 14.4 Å². The van der Waals surface area contributed by atoms with Crippen LogP contribution < -0.4 is 5.32 Å². The molecule has 3 fully saturated rings. The van der Waals surface area contributed by atoms with Crippen molar-refractivity contribution in [2.45, 2.75) is 37.5 Å². The summed E-state index contributed by atoms with van der Waals surface area (Å²) in [5.41, 5.74) is 0. The van der Waals surface area contributed by atoms with Crippen LogP contribution in [0.4, 0.5) is 0 Å². The molecule has 1 N–H and O–H groups in total. The first-order chi connectivity index (χ1) is 15.6. The van der Waals surface area contributed by atoms with Gasteiger partial charge in [-0.05, 0) is 30.7 Å². The molecule has 0 bridgehead atoms. The lowest BCUT2D eigenvalue weighted by molar-refractivity contribution is -0.146. The molecule has 9 nitrogen and oxygen atoms in total. The third-order valence-electron chi connectivity index (χ3n) is 6.44. The fourth-order valence-electron chi connectivity index (χ4n) is 4.80. The average Bonchev–Trinajstić information content (AvgIpc) is 3.59. The Kier molecular flexibility index (Phi) is 7.77. The monoisotopic (exact) mass is 464 g/mol. The zero-order valence-electron chi connectivity index (χ0n) is 18.5. The van der Waals surface area contributed by atoms with Gasteiger partial charge in [0.1, 0.15) is 12.6 Å². The first kappa shape index (κ1) is 23.2. The standard InChI is InChI=1S/C22H32N4O5S/c1-30-15-20(27)26-13-16(12-18(26)21(28)24-8-6-23-7-9-24)25(14-17-4-2-10-31-17)22(29)19-5-3-11-32-19/h3,5,11,16-18,23H,2,4,6-10,12-15H2,1H3. The number of carbonyl (C=O) groups is 3. The van der Waals surface area contributed by atoms with Gasteiger partial charge >= 0.3 is 0 Å². The molecule has 3 aliphatic heterocycles. The highest BCUT2D eigenvalue weighted by Crippen LogP contribution is 2.28. The zero-order chi connectivity index (χ0) is 22.5. The van der Waals surface area contributed by atoms with Gasteiger partial charge < -0.3 is 29.5 Å². The Hall–Kier alpha value is -2.01. The molecular weight excluding hydrogens is 432 g/mol. The second-order valence-electron chi connectivity index (χ2n) is 8.53. The van der Waals surface area contributed by atoms with Gasteiger partial charge in [0.05, 0.1) is 17.0 Å². The number of nitrogens with zero attached hydrogens (tertiary/aromatic N) is 3. The van der Waals surface area contributed by atoms with Crippen molar-refractivity contribution in [3.05, 3.63) is 22.4 Å². The van der Waals surface area contributed by atoms with Crippen molar-refractivity contribution in [3.63, 3.8) is 0 Å². The summed E-state index contributed by atoms with van der Waals surface area (Å²) < 4.78 is 10.9. The first-order valence-electron chi connectivity index (χ1n) is 11.3. The van der Waals surface area contributed by atoms with Crippen molar-refractivity contribution in [2.75, 3.05) is 59.6 Å². The predicted octanol–water partition coefficient (Wildman–Crippen LogP) is 0.417. The van der Waals surface area contributed by atoms with Crippen LogP contribution in [-0.4, -0.2) is 110 Å². The number of methoxy groups -OCH3 is 1. The minimum Gasteiger partial charge on any atom is -0.376 e. The van der Waals surface area contributed by atoms with E-state index in [-0.39, 0.29) is 36.5 Å². The average molecular weight is 465 g/mol. The molecule has 3 amide bonds. The molecule has 0 radical (unpaired) electrons. The van der Waals surface area contributed by atoms with E-state index >= 15 is 0 Å². The SMILES string of the molecule is COCC(=O)N1CC(N(CC2CCCO2)C(=O)c2cccs2)CC1C(=O)N1CCNCC1. The van der Waals surface area contributed by atoms with E-state index < -0.39 is 6.04 Å². The van der Waals surface area contributed by atoms with Crippen molar-refractivity contribution in [3.8, 4) is 0 Å². The fourth-order valence-corrected chi connectivity index (χ4v) is 5.48. The largest absolute Gasteiger partial charge is 0.376 e. The third kappa shape index (κ3) is 5.14. The Balaban J connectivity index is 1.56. The molecule has 176 valence electrons. The molecule has 3 unspecified atom stereocenters. The van der Waals surface area contributed by atoms with Crippen molar-refractivity contribution in [2.24, 2.45) is 0 Å². The molecule has 1 aromatic rings. The van der Waals surface area contributed by atoms with Crippen LogP contribution >= 0.6 is 11.3 Å². The van der Waals surface area contributed by atoms with Crippen molar-refractivity contribution in [1.82, 2.24) is 20.0 Å². The molecular formula is C22H32N4O5S. The minimum absolute atomic E-state index is 0.00930. The van der Waals surface area contributed by atoms with Crippen molar-refractivity contribution >= 4 is 29.1 Å². The molecule has 4 rings (SSSR count). The summed E-state index contributed by atoms with van der Waals surface area (Å²) in [6, 6.07) is 2.86. The first-order valence-corrected chi connectivity index (χ1v) is 12.2. The van der Waals surface area contributed by atoms with Crippen LogP contribution in [0.2, 0.25) is 0 Å². The van der Waals surface area contributed by atoms with Gasteiger partial charge in [0.15, 0.2) is 0 Å². The van der Waals surface area contributed by atoms with Crippen molar-refractivity contribution in [1.29, 1.82) is 0 Å². The van der Waals surface area contributed by atoms with E-state index in [9.17, 15) is 14.4 Å².